The van der Waals surface area contributed by atoms with E-state index in [0.717, 1.165) is 31.4 Å². The normalized spacial score (nSPS) is 19.3. The number of hydrogen-bond acceptors (Lipinski definition) is 2. The Morgan fingerprint density at radius 2 is 2.35 bits per heavy atom. The smallest absolute Gasteiger partial charge is 0.0807 e. The molecule has 1 unspecified atom stereocenters. The van der Waals surface area contributed by atoms with Crippen LogP contribution >= 0.6 is 0 Å². The van der Waals surface area contributed by atoms with Gasteiger partial charge in [0.05, 0.1) is 18.3 Å². The van der Waals surface area contributed by atoms with Crippen LogP contribution in [-0.4, -0.2) is 19.5 Å². The summed E-state index contributed by atoms with van der Waals surface area (Å²) in [5.41, 5.74) is 3.58. The maximum atomic E-state index is 9.92. The van der Waals surface area contributed by atoms with Gasteiger partial charge in [-0.2, -0.15) is 5.10 Å². The van der Waals surface area contributed by atoms with Crippen LogP contribution in [0.5, 0.6) is 0 Å². The van der Waals surface area contributed by atoms with Crippen molar-refractivity contribution >= 4 is 0 Å². The second-order valence-corrected chi connectivity index (χ2v) is 4.70. The van der Waals surface area contributed by atoms with Gasteiger partial charge in [-0.25, -0.2) is 0 Å². The fraction of sp³-hybridized carbons (Fsp3) is 0.462. The summed E-state index contributed by atoms with van der Waals surface area (Å²) in [4.78, 5) is 0. The average molecular weight is 231 g/mol. The van der Waals surface area contributed by atoms with Gasteiger partial charge in [0.15, 0.2) is 0 Å². The van der Waals surface area contributed by atoms with Crippen molar-refractivity contribution in [1.29, 1.82) is 0 Å². The Hall–Kier alpha value is -1.55. The molecule has 0 radical (unpaired) electrons. The fourth-order valence-electron chi connectivity index (χ4n) is 2.61. The SMILES string of the molecule is Cn1nccc1Cn1ccc2c1CCCC2O. The molecule has 1 N–H and O–H groups in total. The number of fused-ring (bicyclic) bond motifs is 1. The summed E-state index contributed by atoms with van der Waals surface area (Å²) in [5.74, 6) is 0. The summed E-state index contributed by atoms with van der Waals surface area (Å²) >= 11 is 0. The van der Waals surface area contributed by atoms with Gasteiger partial charge in [-0.15, -0.1) is 0 Å². The van der Waals surface area contributed by atoms with E-state index in [1.165, 1.54) is 11.4 Å². The van der Waals surface area contributed by atoms with Gasteiger partial charge in [-0.3, -0.25) is 4.68 Å². The van der Waals surface area contributed by atoms with Crippen LogP contribution in [0.3, 0.4) is 0 Å². The quantitative estimate of drug-likeness (QED) is 0.853. The van der Waals surface area contributed by atoms with E-state index in [4.69, 9.17) is 0 Å². The van der Waals surface area contributed by atoms with Crippen molar-refractivity contribution in [2.45, 2.75) is 31.9 Å². The molecule has 4 heteroatoms. The molecule has 1 aliphatic rings. The number of rotatable bonds is 2. The van der Waals surface area contributed by atoms with Gasteiger partial charge in [0.25, 0.3) is 0 Å². The summed E-state index contributed by atoms with van der Waals surface area (Å²) in [5, 5.41) is 14.1. The summed E-state index contributed by atoms with van der Waals surface area (Å²) < 4.78 is 4.13. The zero-order valence-corrected chi connectivity index (χ0v) is 10.0. The maximum Gasteiger partial charge on any atom is 0.0807 e. The van der Waals surface area contributed by atoms with Crippen LogP contribution in [0.1, 0.15) is 35.9 Å². The minimum Gasteiger partial charge on any atom is -0.388 e. The first-order valence-electron chi connectivity index (χ1n) is 6.08. The third-order valence-corrected chi connectivity index (χ3v) is 3.62. The van der Waals surface area contributed by atoms with Crippen LogP contribution in [0, 0.1) is 0 Å². The minimum atomic E-state index is -0.272. The highest BCUT2D eigenvalue weighted by atomic mass is 16.3. The van der Waals surface area contributed by atoms with E-state index in [2.05, 4.69) is 21.9 Å². The van der Waals surface area contributed by atoms with Crippen LogP contribution in [0.2, 0.25) is 0 Å². The van der Waals surface area contributed by atoms with Crippen molar-refractivity contribution in [2.75, 3.05) is 0 Å². The largest absolute Gasteiger partial charge is 0.388 e. The lowest BCUT2D eigenvalue weighted by molar-refractivity contribution is 0.155. The predicted octanol–water partition coefficient (Wildman–Crippen LogP) is 1.64. The molecule has 0 bridgehead atoms. The van der Waals surface area contributed by atoms with Crippen LogP contribution in [-0.2, 0) is 20.0 Å². The van der Waals surface area contributed by atoms with Crippen molar-refractivity contribution in [2.24, 2.45) is 7.05 Å². The first kappa shape index (κ1) is 10.6. The molecular weight excluding hydrogens is 214 g/mol. The van der Waals surface area contributed by atoms with Crippen LogP contribution in [0.4, 0.5) is 0 Å². The Morgan fingerprint density at radius 3 is 3.12 bits per heavy atom. The van der Waals surface area contributed by atoms with Gasteiger partial charge in [-0.1, -0.05) is 0 Å². The van der Waals surface area contributed by atoms with E-state index < -0.39 is 0 Å². The molecular formula is C13H17N3O. The van der Waals surface area contributed by atoms with E-state index >= 15 is 0 Å². The van der Waals surface area contributed by atoms with Gasteiger partial charge in [0, 0.05) is 30.7 Å². The second-order valence-electron chi connectivity index (χ2n) is 4.70. The molecule has 3 rings (SSSR count). The first-order valence-corrected chi connectivity index (χ1v) is 6.08. The Labute approximate surface area is 100 Å². The number of aryl methyl sites for hydroxylation is 1. The summed E-state index contributed by atoms with van der Waals surface area (Å²) in [6, 6.07) is 4.08. The lowest BCUT2D eigenvalue weighted by Gasteiger charge is -2.20. The van der Waals surface area contributed by atoms with Crippen molar-refractivity contribution in [1.82, 2.24) is 14.3 Å². The molecule has 0 aliphatic heterocycles. The summed E-state index contributed by atoms with van der Waals surface area (Å²) in [7, 11) is 1.96. The highest BCUT2D eigenvalue weighted by Gasteiger charge is 2.21. The number of hydrogen-bond donors (Lipinski definition) is 1. The Morgan fingerprint density at radius 1 is 1.47 bits per heavy atom. The third kappa shape index (κ3) is 1.78. The molecule has 0 amide bonds. The standard InChI is InChI=1S/C13H17N3O/c1-15-10(5-7-14-15)9-16-8-6-11-12(16)3-2-4-13(11)17/h5-8,13,17H,2-4,9H2,1H3. The molecule has 2 heterocycles. The van der Waals surface area contributed by atoms with Crippen molar-refractivity contribution in [3.63, 3.8) is 0 Å². The van der Waals surface area contributed by atoms with Crippen molar-refractivity contribution < 1.29 is 5.11 Å². The van der Waals surface area contributed by atoms with Crippen LogP contribution in [0.25, 0.3) is 0 Å². The van der Waals surface area contributed by atoms with E-state index in [9.17, 15) is 5.11 Å². The Kier molecular flexibility index (Phi) is 2.52. The number of aromatic nitrogens is 3. The lowest BCUT2D eigenvalue weighted by Crippen LogP contribution is -2.13. The second kappa shape index (κ2) is 4.04. The van der Waals surface area contributed by atoms with Crippen molar-refractivity contribution in [3.8, 4) is 0 Å². The molecule has 0 fully saturated rings. The summed E-state index contributed by atoms with van der Waals surface area (Å²) in [6.45, 7) is 0.832. The average Bonchev–Trinajstić information content (AvgIpc) is 2.89. The van der Waals surface area contributed by atoms with Gasteiger partial charge in [0.2, 0.25) is 0 Å². The van der Waals surface area contributed by atoms with Crippen LogP contribution < -0.4 is 0 Å². The molecule has 90 valence electrons. The topological polar surface area (TPSA) is 43.0 Å². The monoisotopic (exact) mass is 231 g/mol. The van der Waals surface area contributed by atoms with Gasteiger partial charge in [-0.05, 0) is 31.4 Å². The van der Waals surface area contributed by atoms with E-state index in [1.807, 2.05) is 24.0 Å². The molecule has 0 saturated heterocycles. The Bertz CT molecular complexity index is 527. The molecule has 0 spiro atoms. The zero-order valence-electron chi connectivity index (χ0n) is 10.0. The fourth-order valence-corrected chi connectivity index (χ4v) is 2.61. The number of aliphatic hydroxyl groups excluding tert-OH is 1. The molecule has 2 aromatic rings. The molecule has 17 heavy (non-hydrogen) atoms. The lowest BCUT2D eigenvalue weighted by atomic mass is 9.95. The van der Waals surface area contributed by atoms with E-state index in [-0.39, 0.29) is 6.10 Å². The number of nitrogens with zero attached hydrogens (tertiary/aromatic N) is 3. The first-order chi connectivity index (χ1) is 8.25. The Balaban J connectivity index is 1.92. The van der Waals surface area contributed by atoms with Gasteiger partial charge < -0.3 is 9.67 Å². The maximum absolute atomic E-state index is 9.92. The van der Waals surface area contributed by atoms with Crippen molar-refractivity contribution in [3.05, 3.63) is 41.5 Å². The minimum absolute atomic E-state index is 0.272. The third-order valence-electron chi connectivity index (χ3n) is 3.62. The molecule has 4 nitrogen and oxygen atoms in total. The summed E-state index contributed by atoms with van der Waals surface area (Å²) in [6.07, 6.45) is 6.65. The van der Waals surface area contributed by atoms with E-state index in [1.54, 1.807) is 0 Å². The van der Waals surface area contributed by atoms with Crippen LogP contribution in [0.15, 0.2) is 24.5 Å². The van der Waals surface area contributed by atoms with Gasteiger partial charge in [0.1, 0.15) is 0 Å². The molecule has 0 saturated carbocycles. The predicted molar refractivity (Wildman–Crippen MR) is 64.6 cm³/mol. The van der Waals surface area contributed by atoms with E-state index in [0.29, 0.717) is 0 Å². The molecule has 1 atom stereocenters. The molecule has 0 aromatic carbocycles. The van der Waals surface area contributed by atoms with Gasteiger partial charge >= 0.3 is 0 Å². The number of aliphatic hydroxyl groups is 1. The molecule has 2 aromatic heterocycles. The highest BCUT2D eigenvalue weighted by Crippen LogP contribution is 2.30. The zero-order chi connectivity index (χ0) is 11.8. The highest BCUT2D eigenvalue weighted by molar-refractivity contribution is 5.28. The molecule has 1 aliphatic carbocycles.